The highest BCUT2D eigenvalue weighted by atomic mass is 35.5. The Labute approximate surface area is 124 Å². The van der Waals surface area contributed by atoms with Crippen molar-refractivity contribution in [3.63, 3.8) is 0 Å². The molecule has 0 radical (unpaired) electrons. The smallest absolute Gasteiger partial charge is 0.337 e. The van der Waals surface area contributed by atoms with Crippen LogP contribution >= 0.6 is 11.6 Å². The van der Waals surface area contributed by atoms with E-state index in [1.165, 1.54) is 24.3 Å². The van der Waals surface area contributed by atoms with Crippen molar-refractivity contribution in [3.05, 3.63) is 62.5 Å². The van der Waals surface area contributed by atoms with Crippen LogP contribution in [0, 0.1) is 6.92 Å². The Kier molecular flexibility index (Phi) is 4.09. The van der Waals surface area contributed by atoms with Crippen molar-refractivity contribution < 1.29 is 14.7 Å². The van der Waals surface area contributed by atoms with Crippen molar-refractivity contribution in [2.75, 3.05) is 5.32 Å². The van der Waals surface area contributed by atoms with Gasteiger partial charge in [-0.25, -0.2) is 4.79 Å². The number of aryl methyl sites for hydroxylation is 1. The van der Waals surface area contributed by atoms with Crippen molar-refractivity contribution in [2.24, 2.45) is 0 Å². The van der Waals surface area contributed by atoms with Crippen LogP contribution in [-0.4, -0.2) is 22.0 Å². The Morgan fingerprint density at radius 3 is 2.52 bits per heavy atom. The summed E-state index contributed by atoms with van der Waals surface area (Å²) < 4.78 is 0. The number of carbonyl (C=O) groups is 2. The largest absolute Gasteiger partial charge is 0.478 e. The topological polar surface area (TPSA) is 99.3 Å². The zero-order valence-corrected chi connectivity index (χ0v) is 11.7. The summed E-state index contributed by atoms with van der Waals surface area (Å²) in [6.07, 6.45) is 0. The molecule has 3 N–H and O–H groups in total. The third-order valence-electron chi connectivity index (χ3n) is 2.78. The molecule has 2 aromatic rings. The lowest BCUT2D eigenvalue weighted by Crippen LogP contribution is -2.24. The van der Waals surface area contributed by atoms with Gasteiger partial charge in [-0.2, -0.15) is 0 Å². The van der Waals surface area contributed by atoms with Crippen LogP contribution in [0.25, 0.3) is 0 Å². The molecule has 6 nitrogen and oxygen atoms in total. The van der Waals surface area contributed by atoms with E-state index in [4.69, 9.17) is 16.7 Å². The number of aromatic carboxylic acids is 1. The summed E-state index contributed by atoms with van der Waals surface area (Å²) in [4.78, 5) is 37.4. The second-order valence-corrected chi connectivity index (χ2v) is 4.71. The number of anilines is 1. The maximum Gasteiger partial charge on any atom is 0.337 e. The van der Waals surface area contributed by atoms with Gasteiger partial charge in [0.15, 0.2) is 0 Å². The summed E-state index contributed by atoms with van der Waals surface area (Å²) in [5, 5.41) is 11.5. The van der Waals surface area contributed by atoms with Gasteiger partial charge in [-0.05, 0) is 31.2 Å². The summed E-state index contributed by atoms with van der Waals surface area (Å²) >= 11 is 5.91. The highest BCUT2D eigenvalue weighted by Gasteiger charge is 2.18. The number of carboxylic acid groups (broad SMARTS) is 1. The molecule has 21 heavy (non-hydrogen) atoms. The van der Waals surface area contributed by atoms with E-state index in [1.807, 2.05) is 0 Å². The van der Waals surface area contributed by atoms with E-state index in [2.05, 4.69) is 10.3 Å². The first-order valence-electron chi connectivity index (χ1n) is 5.93. The molecule has 0 aliphatic carbocycles. The number of carbonyl (C=O) groups excluding carboxylic acids is 1. The molecular weight excluding hydrogens is 296 g/mol. The lowest BCUT2D eigenvalue weighted by atomic mass is 10.1. The summed E-state index contributed by atoms with van der Waals surface area (Å²) in [6.45, 7) is 1.68. The predicted molar refractivity (Wildman–Crippen MR) is 78.2 cm³/mol. The number of H-pyrrole nitrogens is 1. The summed E-state index contributed by atoms with van der Waals surface area (Å²) in [6, 6.07) is 7.15. The van der Waals surface area contributed by atoms with Gasteiger partial charge in [0.1, 0.15) is 5.56 Å². The van der Waals surface area contributed by atoms with Gasteiger partial charge in [-0.15, -0.1) is 0 Å². The van der Waals surface area contributed by atoms with Gasteiger partial charge >= 0.3 is 5.97 Å². The zero-order valence-electron chi connectivity index (χ0n) is 10.9. The summed E-state index contributed by atoms with van der Waals surface area (Å²) in [5.41, 5.74) is -0.273. The number of aromatic amines is 1. The standard InChI is InChI=1S/C14H11ClN2O4/c1-7-5-6-9(12(18)16-7)13(19)17-11-8(14(20)21)3-2-4-10(11)15/h2-6H,1H3,(H,16,18)(H,17,19)(H,20,21). The minimum Gasteiger partial charge on any atom is -0.478 e. The fraction of sp³-hybridized carbons (Fsp3) is 0.0714. The molecule has 1 heterocycles. The highest BCUT2D eigenvalue weighted by Crippen LogP contribution is 2.26. The Hall–Kier alpha value is -2.60. The van der Waals surface area contributed by atoms with Crippen molar-refractivity contribution in [1.29, 1.82) is 0 Å². The van der Waals surface area contributed by atoms with E-state index in [1.54, 1.807) is 13.0 Å². The van der Waals surface area contributed by atoms with Crippen molar-refractivity contribution in [3.8, 4) is 0 Å². The van der Waals surface area contributed by atoms with Gasteiger partial charge in [0.05, 0.1) is 16.3 Å². The van der Waals surface area contributed by atoms with Crippen molar-refractivity contribution in [1.82, 2.24) is 4.98 Å². The average Bonchev–Trinajstić information content (AvgIpc) is 2.40. The lowest BCUT2D eigenvalue weighted by molar-refractivity contribution is 0.0698. The molecule has 0 unspecified atom stereocenters. The molecule has 0 atom stereocenters. The molecule has 7 heteroatoms. The average molecular weight is 307 g/mol. The Bertz CT molecular complexity index is 783. The monoisotopic (exact) mass is 306 g/mol. The van der Waals surface area contributed by atoms with E-state index in [0.29, 0.717) is 5.69 Å². The van der Waals surface area contributed by atoms with Crippen LogP contribution in [0.5, 0.6) is 0 Å². The van der Waals surface area contributed by atoms with Crippen LogP contribution < -0.4 is 10.9 Å². The molecule has 0 saturated heterocycles. The normalized spacial score (nSPS) is 10.2. The first-order chi connectivity index (χ1) is 9.90. The minimum absolute atomic E-state index is 0.0448. The van der Waals surface area contributed by atoms with Crippen molar-refractivity contribution >= 4 is 29.2 Å². The molecule has 0 aliphatic rings. The maximum absolute atomic E-state index is 12.1. The number of benzene rings is 1. The fourth-order valence-corrected chi connectivity index (χ4v) is 1.98. The molecule has 0 bridgehead atoms. The molecule has 0 saturated carbocycles. The third kappa shape index (κ3) is 3.11. The SMILES string of the molecule is Cc1ccc(C(=O)Nc2c(Cl)cccc2C(=O)O)c(=O)[nH]1. The number of hydrogen-bond acceptors (Lipinski definition) is 3. The van der Waals surface area contributed by atoms with E-state index in [0.717, 1.165) is 0 Å². The van der Waals surface area contributed by atoms with Gasteiger partial charge in [0, 0.05) is 5.69 Å². The second-order valence-electron chi connectivity index (χ2n) is 4.31. The number of amides is 1. The number of nitrogens with one attached hydrogen (secondary N) is 2. The first-order valence-corrected chi connectivity index (χ1v) is 6.31. The molecule has 0 aliphatic heterocycles. The highest BCUT2D eigenvalue weighted by molar-refractivity contribution is 6.34. The van der Waals surface area contributed by atoms with Gasteiger partial charge in [-0.3, -0.25) is 9.59 Å². The first kappa shape index (κ1) is 14.8. The quantitative estimate of drug-likeness (QED) is 0.810. The summed E-state index contributed by atoms with van der Waals surface area (Å²) in [7, 11) is 0. The molecule has 0 spiro atoms. The van der Waals surface area contributed by atoms with Crippen LogP contribution in [0.1, 0.15) is 26.4 Å². The molecule has 1 aromatic carbocycles. The number of rotatable bonds is 3. The molecular formula is C14H11ClN2O4. The Morgan fingerprint density at radius 2 is 1.90 bits per heavy atom. The van der Waals surface area contributed by atoms with Gasteiger partial charge in [-0.1, -0.05) is 17.7 Å². The van der Waals surface area contributed by atoms with E-state index in [-0.39, 0.29) is 21.8 Å². The molecule has 1 amide bonds. The van der Waals surface area contributed by atoms with E-state index < -0.39 is 17.4 Å². The van der Waals surface area contributed by atoms with Gasteiger partial charge < -0.3 is 15.4 Å². The minimum atomic E-state index is -1.23. The lowest BCUT2D eigenvalue weighted by Gasteiger charge is -2.10. The number of halogens is 1. The van der Waals surface area contributed by atoms with Crippen LogP contribution in [0.15, 0.2) is 35.1 Å². The zero-order chi connectivity index (χ0) is 15.6. The van der Waals surface area contributed by atoms with Crippen LogP contribution in [0.3, 0.4) is 0 Å². The van der Waals surface area contributed by atoms with Crippen molar-refractivity contribution in [2.45, 2.75) is 6.92 Å². The predicted octanol–water partition coefficient (Wildman–Crippen LogP) is 2.29. The van der Waals surface area contributed by atoms with Gasteiger partial charge in [0.2, 0.25) is 0 Å². The third-order valence-corrected chi connectivity index (χ3v) is 3.10. The molecule has 1 aromatic heterocycles. The van der Waals surface area contributed by atoms with Crippen LogP contribution in [0.4, 0.5) is 5.69 Å². The molecule has 108 valence electrons. The number of aromatic nitrogens is 1. The number of pyridine rings is 1. The molecule has 2 rings (SSSR count). The molecule has 0 fully saturated rings. The van der Waals surface area contributed by atoms with E-state index >= 15 is 0 Å². The van der Waals surface area contributed by atoms with E-state index in [9.17, 15) is 14.4 Å². The Morgan fingerprint density at radius 1 is 1.19 bits per heavy atom. The van der Waals surface area contributed by atoms with Crippen LogP contribution in [0.2, 0.25) is 5.02 Å². The number of para-hydroxylation sites is 1. The van der Waals surface area contributed by atoms with Gasteiger partial charge in [0.25, 0.3) is 11.5 Å². The Balaban J connectivity index is 2.41. The second kappa shape index (κ2) is 5.80. The fourth-order valence-electron chi connectivity index (χ4n) is 1.76. The van der Waals surface area contributed by atoms with Crippen LogP contribution in [-0.2, 0) is 0 Å². The maximum atomic E-state index is 12.1. The number of hydrogen-bond donors (Lipinski definition) is 3. The summed E-state index contributed by atoms with van der Waals surface area (Å²) in [5.74, 6) is -1.96. The number of carboxylic acids is 1.